The third-order valence-corrected chi connectivity index (χ3v) is 13.0. The predicted octanol–water partition coefficient (Wildman–Crippen LogP) is 10.1. The summed E-state index contributed by atoms with van der Waals surface area (Å²) < 4.78 is 30.2. The number of aliphatic hydroxyl groups excluding tert-OH is 1. The van der Waals surface area contributed by atoms with Crippen molar-refractivity contribution in [2.75, 3.05) is 53.7 Å². The van der Waals surface area contributed by atoms with E-state index < -0.39 is 29.8 Å². The minimum Gasteiger partial charge on any atom is -0.497 e. The van der Waals surface area contributed by atoms with Gasteiger partial charge < -0.3 is 39.4 Å². The topological polar surface area (TPSA) is 125 Å². The summed E-state index contributed by atoms with van der Waals surface area (Å²) in [7, 11) is 3.23. The van der Waals surface area contributed by atoms with Crippen molar-refractivity contribution in [1.29, 1.82) is 0 Å². The summed E-state index contributed by atoms with van der Waals surface area (Å²) in [6.45, 7) is -0.681. The Labute approximate surface area is 385 Å². The Bertz CT molecular complexity index is 2540. The van der Waals surface area contributed by atoms with Crippen LogP contribution in [0, 0.1) is 5.41 Å². The zero-order valence-corrected chi connectivity index (χ0v) is 36.9. The predicted molar refractivity (Wildman–Crippen MR) is 254 cm³/mol. The molecule has 0 bridgehead atoms. The molecule has 10 heteroatoms. The Hall–Kier alpha value is -7.40. The number of carbonyl (C=O) groups excluding carboxylic acids is 2. The van der Waals surface area contributed by atoms with Gasteiger partial charge in [-0.2, -0.15) is 0 Å². The van der Waals surface area contributed by atoms with Crippen LogP contribution in [0.25, 0.3) is 22.3 Å². The average molecular weight is 881 g/mol. The van der Waals surface area contributed by atoms with Gasteiger partial charge in [-0.15, -0.1) is 0 Å². The summed E-state index contributed by atoms with van der Waals surface area (Å²) in [5.74, 6) is 1.04. The summed E-state index contributed by atoms with van der Waals surface area (Å²) in [4.78, 5) is 27.5. The van der Waals surface area contributed by atoms with E-state index in [1.54, 1.807) is 14.2 Å². The van der Waals surface area contributed by atoms with Crippen molar-refractivity contribution in [3.05, 3.63) is 215 Å². The molecular weight excluding hydrogens is 829 g/mol. The third kappa shape index (κ3) is 8.60. The molecule has 3 N–H and O–H groups in total. The molecule has 0 aromatic heterocycles. The van der Waals surface area contributed by atoms with Crippen LogP contribution < -0.4 is 20.1 Å². The third-order valence-electron chi connectivity index (χ3n) is 13.0. The van der Waals surface area contributed by atoms with E-state index >= 15 is 0 Å². The van der Waals surface area contributed by atoms with Crippen LogP contribution in [0.4, 0.5) is 9.59 Å². The van der Waals surface area contributed by atoms with Gasteiger partial charge in [0, 0.05) is 24.9 Å². The first kappa shape index (κ1) is 43.8. The molecule has 0 fully saturated rings. The SMILES string of the molecule is COc1ccc(C(OCC(CO)(CNC(=O)OCC2c3ccccc3-c3ccccc32)CNC(=O)OCC2c3ccccc3-c3ccccc32)(c2ccccc2)c2ccc(OC)cc2)cc1. The number of carbonyl (C=O) groups is 2. The molecule has 0 aliphatic heterocycles. The Morgan fingerprint density at radius 3 is 1.20 bits per heavy atom. The summed E-state index contributed by atoms with van der Waals surface area (Å²) in [6, 6.07) is 57.6. The average Bonchev–Trinajstić information content (AvgIpc) is 3.88. The number of rotatable bonds is 17. The fourth-order valence-corrected chi connectivity index (χ4v) is 9.48. The molecule has 7 aromatic rings. The lowest BCUT2D eigenvalue weighted by atomic mass is 9.79. The van der Waals surface area contributed by atoms with Gasteiger partial charge in [-0.1, -0.05) is 152 Å². The van der Waals surface area contributed by atoms with Gasteiger partial charge in [0.15, 0.2) is 0 Å². The highest BCUT2D eigenvalue weighted by Crippen LogP contribution is 2.46. The van der Waals surface area contributed by atoms with Crippen LogP contribution in [0.3, 0.4) is 0 Å². The quantitative estimate of drug-likeness (QED) is 0.0773. The van der Waals surface area contributed by atoms with E-state index in [1.165, 1.54) is 0 Å². The molecule has 0 radical (unpaired) electrons. The molecule has 2 amide bonds. The minimum absolute atomic E-state index is 0.104. The lowest BCUT2D eigenvalue weighted by Gasteiger charge is -2.40. The fraction of sp³-hybridized carbons (Fsp3) is 0.214. The molecule has 0 saturated heterocycles. The smallest absolute Gasteiger partial charge is 0.407 e. The van der Waals surface area contributed by atoms with Gasteiger partial charge in [0.05, 0.1) is 32.8 Å². The van der Waals surface area contributed by atoms with Crippen molar-refractivity contribution in [3.63, 3.8) is 0 Å². The number of aliphatic hydroxyl groups is 1. The van der Waals surface area contributed by atoms with Crippen LogP contribution in [-0.2, 0) is 19.8 Å². The van der Waals surface area contributed by atoms with Crippen molar-refractivity contribution < 1.29 is 38.4 Å². The lowest BCUT2D eigenvalue weighted by Crippen LogP contribution is -2.52. The number of amides is 2. The second-order valence-electron chi connectivity index (χ2n) is 16.8. The van der Waals surface area contributed by atoms with Gasteiger partial charge in [-0.25, -0.2) is 9.59 Å². The Kier molecular flexibility index (Phi) is 12.9. The first-order valence-corrected chi connectivity index (χ1v) is 22.1. The maximum atomic E-state index is 13.8. The van der Waals surface area contributed by atoms with Gasteiger partial charge in [0.1, 0.15) is 30.3 Å². The molecule has 7 aromatic carbocycles. The molecule has 2 aliphatic carbocycles. The van der Waals surface area contributed by atoms with E-state index in [0.29, 0.717) is 11.5 Å². The lowest BCUT2D eigenvalue weighted by molar-refractivity contribution is -0.0569. The molecule has 0 atom stereocenters. The molecule has 334 valence electrons. The van der Waals surface area contributed by atoms with Crippen LogP contribution in [0.5, 0.6) is 11.5 Å². The Morgan fingerprint density at radius 2 is 0.833 bits per heavy atom. The van der Waals surface area contributed by atoms with Crippen molar-refractivity contribution in [2.24, 2.45) is 5.41 Å². The zero-order chi connectivity index (χ0) is 45.5. The number of methoxy groups -OCH3 is 2. The number of fused-ring (bicyclic) bond motifs is 6. The molecule has 0 heterocycles. The first-order chi connectivity index (χ1) is 32.4. The van der Waals surface area contributed by atoms with Gasteiger partial charge >= 0.3 is 12.2 Å². The Balaban J connectivity index is 0.996. The summed E-state index contributed by atoms with van der Waals surface area (Å²) in [5, 5.41) is 17.3. The first-order valence-electron chi connectivity index (χ1n) is 22.1. The van der Waals surface area contributed by atoms with E-state index in [0.717, 1.165) is 61.2 Å². The van der Waals surface area contributed by atoms with E-state index in [-0.39, 0.29) is 44.7 Å². The second-order valence-corrected chi connectivity index (χ2v) is 16.8. The molecule has 10 nitrogen and oxygen atoms in total. The number of hydrogen-bond donors (Lipinski definition) is 3. The van der Waals surface area contributed by atoms with Crippen molar-refractivity contribution in [3.8, 4) is 33.8 Å². The van der Waals surface area contributed by atoms with Crippen LogP contribution in [-0.4, -0.2) is 71.0 Å². The summed E-state index contributed by atoms with van der Waals surface area (Å²) >= 11 is 0. The molecule has 9 rings (SSSR count). The monoisotopic (exact) mass is 880 g/mol. The second kappa shape index (κ2) is 19.4. The maximum Gasteiger partial charge on any atom is 0.407 e. The van der Waals surface area contributed by atoms with E-state index in [2.05, 4.69) is 59.2 Å². The highest BCUT2D eigenvalue weighted by atomic mass is 16.6. The highest BCUT2D eigenvalue weighted by molar-refractivity contribution is 5.80. The number of benzene rings is 7. The van der Waals surface area contributed by atoms with Crippen molar-refractivity contribution >= 4 is 12.2 Å². The summed E-state index contributed by atoms with van der Waals surface area (Å²) in [6.07, 6.45) is -1.34. The van der Waals surface area contributed by atoms with E-state index in [4.69, 9.17) is 23.7 Å². The normalized spacial score (nSPS) is 12.9. The number of ether oxygens (including phenoxy) is 5. The number of alkyl carbamates (subject to hydrolysis) is 2. The van der Waals surface area contributed by atoms with Crippen molar-refractivity contribution in [2.45, 2.75) is 17.4 Å². The van der Waals surface area contributed by atoms with Gasteiger partial charge in [-0.3, -0.25) is 0 Å². The number of nitrogens with one attached hydrogen (secondary N) is 2. The minimum atomic E-state index is -1.30. The van der Waals surface area contributed by atoms with E-state index in [9.17, 15) is 14.7 Å². The van der Waals surface area contributed by atoms with Crippen LogP contribution in [0.1, 0.15) is 50.8 Å². The van der Waals surface area contributed by atoms with Crippen LogP contribution in [0.2, 0.25) is 0 Å². The largest absolute Gasteiger partial charge is 0.497 e. The standard InChI is InChI=1S/C56H52N2O8/c1-62-41-28-24-39(25-29-41)56(38-14-4-3-5-15-38,40-26-30-42(63-2)31-27-40)66-37-55(36-59,34-57-53(60)64-32-51-47-20-10-6-16-43(47)44-17-7-11-21-48(44)51)35-58-54(61)65-33-52-49-22-12-8-18-45(49)46-19-9-13-23-50(46)52/h3-31,51-52,59H,32-37H2,1-2H3,(H,57,60)(H,58,61). The summed E-state index contributed by atoms with van der Waals surface area (Å²) in [5.41, 5.74) is 8.64. The van der Waals surface area contributed by atoms with Crippen molar-refractivity contribution in [1.82, 2.24) is 10.6 Å². The highest BCUT2D eigenvalue weighted by Gasteiger charge is 2.42. The Morgan fingerprint density at radius 1 is 0.485 bits per heavy atom. The maximum absolute atomic E-state index is 13.8. The molecule has 0 saturated carbocycles. The van der Waals surface area contributed by atoms with Crippen LogP contribution in [0.15, 0.2) is 176 Å². The van der Waals surface area contributed by atoms with E-state index in [1.807, 2.05) is 127 Å². The molecule has 0 spiro atoms. The molecular formula is C56H52N2O8. The van der Waals surface area contributed by atoms with Gasteiger partial charge in [0.2, 0.25) is 0 Å². The van der Waals surface area contributed by atoms with Gasteiger partial charge in [-0.05, 0) is 85.5 Å². The van der Waals surface area contributed by atoms with Crippen LogP contribution >= 0.6 is 0 Å². The molecule has 2 aliphatic rings. The fourth-order valence-electron chi connectivity index (χ4n) is 9.48. The molecule has 66 heavy (non-hydrogen) atoms. The van der Waals surface area contributed by atoms with Gasteiger partial charge in [0.25, 0.3) is 0 Å². The number of hydrogen-bond acceptors (Lipinski definition) is 8. The molecule has 0 unspecified atom stereocenters. The zero-order valence-electron chi connectivity index (χ0n) is 36.9.